The number of hydrogen-bond donors (Lipinski definition) is 3. The van der Waals surface area contributed by atoms with E-state index in [4.69, 9.17) is 12.2 Å². The molecule has 8 nitrogen and oxygen atoms in total. The molecule has 0 saturated carbocycles. The zero-order valence-electron chi connectivity index (χ0n) is 13.0. The van der Waals surface area contributed by atoms with Crippen molar-refractivity contribution >= 4 is 29.2 Å². The van der Waals surface area contributed by atoms with Crippen LogP contribution in [0, 0.1) is 16.0 Å². The first-order valence-electron chi connectivity index (χ1n) is 7.82. The summed E-state index contributed by atoms with van der Waals surface area (Å²) in [6.07, 6.45) is 3.68. The highest BCUT2D eigenvalue weighted by Gasteiger charge is 2.34. The molecule has 1 aromatic rings. The Kier molecular flexibility index (Phi) is 4.91. The van der Waals surface area contributed by atoms with Gasteiger partial charge in [-0.3, -0.25) is 15.5 Å². The molecule has 2 bridgehead atoms. The van der Waals surface area contributed by atoms with Crippen molar-refractivity contribution in [3.8, 4) is 5.75 Å². The number of nitro groups is 1. The second kappa shape index (κ2) is 7.10. The summed E-state index contributed by atoms with van der Waals surface area (Å²) in [5.74, 6) is 0.557. The fourth-order valence-corrected chi connectivity index (χ4v) is 3.45. The van der Waals surface area contributed by atoms with Crippen molar-refractivity contribution in [2.45, 2.75) is 18.9 Å². The van der Waals surface area contributed by atoms with Crippen LogP contribution in [0.5, 0.6) is 5.75 Å². The molecule has 3 aliphatic rings. The maximum Gasteiger partial charge on any atom is 0.270 e. The Hall–Kier alpha value is -2.26. The van der Waals surface area contributed by atoms with E-state index in [2.05, 4.69) is 20.7 Å². The predicted octanol–water partition coefficient (Wildman–Crippen LogP) is 1.19. The molecule has 0 spiro atoms. The molecule has 3 heterocycles. The number of phenols is 1. The molecule has 3 fully saturated rings. The average Bonchev–Trinajstić information content (AvgIpc) is 2.57. The lowest BCUT2D eigenvalue weighted by molar-refractivity contribution is -0.384. The Balaban J connectivity index is 1.55. The average molecular weight is 349 g/mol. The third-order valence-corrected chi connectivity index (χ3v) is 4.77. The van der Waals surface area contributed by atoms with Crippen LogP contribution in [0.1, 0.15) is 18.4 Å². The Bertz CT molecular complexity index is 673. The molecule has 0 radical (unpaired) electrons. The van der Waals surface area contributed by atoms with E-state index >= 15 is 0 Å². The van der Waals surface area contributed by atoms with Crippen LogP contribution in [-0.4, -0.2) is 51.9 Å². The summed E-state index contributed by atoms with van der Waals surface area (Å²) >= 11 is 5.24. The third kappa shape index (κ3) is 3.80. The Morgan fingerprint density at radius 2 is 2.21 bits per heavy atom. The van der Waals surface area contributed by atoms with Gasteiger partial charge < -0.3 is 15.3 Å². The van der Waals surface area contributed by atoms with E-state index in [1.54, 1.807) is 0 Å². The molecule has 3 saturated heterocycles. The van der Waals surface area contributed by atoms with Crippen LogP contribution in [0.2, 0.25) is 0 Å². The summed E-state index contributed by atoms with van der Waals surface area (Å²) < 4.78 is 0. The van der Waals surface area contributed by atoms with Gasteiger partial charge in [0.15, 0.2) is 5.11 Å². The number of benzene rings is 1. The smallest absolute Gasteiger partial charge is 0.270 e. The fraction of sp³-hybridized carbons (Fsp3) is 0.467. The largest absolute Gasteiger partial charge is 0.507 e. The minimum absolute atomic E-state index is 0.0811. The van der Waals surface area contributed by atoms with Gasteiger partial charge in [-0.05, 0) is 50.1 Å². The monoisotopic (exact) mass is 349 g/mol. The van der Waals surface area contributed by atoms with E-state index in [1.165, 1.54) is 37.3 Å². The topological polar surface area (TPSA) is 103 Å². The van der Waals surface area contributed by atoms with Crippen LogP contribution < -0.4 is 10.7 Å². The molecule has 9 heteroatoms. The Labute approximate surface area is 144 Å². The highest BCUT2D eigenvalue weighted by atomic mass is 32.1. The van der Waals surface area contributed by atoms with E-state index in [1.807, 2.05) is 0 Å². The van der Waals surface area contributed by atoms with Crippen molar-refractivity contribution in [3.63, 3.8) is 0 Å². The summed E-state index contributed by atoms with van der Waals surface area (Å²) in [5.41, 5.74) is 2.85. The van der Waals surface area contributed by atoms with Crippen LogP contribution in [-0.2, 0) is 0 Å². The van der Waals surface area contributed by atoms with Gasteiger partial charge in [-0.25, -0.2) is 0 Å². The number of non-ortho nitro benzene ring substituents is 1. The van der Waals surface area contributed by atoms with Crippen LogP contribution in [0.3, 0.4) is 0 Å². The predicted molar refractivity (Wildman–Crippen MR) is 94.2 cm³/mol. The molecule has 1 aromatic carbocycles. The van der Waals surface area contributed by atoms with Crippen molar-refractivity contribution in [1.29, 1.82) is 0 Å². The van der Waals surface area contributed by atoms with Gasteiger partial charge in [0.05, 0.1) is 11.1 Å². The van der Waals surface area contributed by atoms with Gasteiger partial charge in [0.25, 0.3) is 5.69 Å². The maximum atomic E-state index is 10.8. The zero-order chi connectivity index (χ0) is 17.1. The van der Waals surface area contributed by atoms with E-state index in [0.29, 0.717) is 17.1 Å². The first kappa shape index (κ1) is 16.6. The van der Waals surface area contributed by atoms with E-state index in [9.17, 15) is 15.2 Å². The third-order valence-electron chi connectivity index (χ3n) is 4.56. The van der Waals surface area contributed by atoms with Gasteiger partial charge in [0, 0.05) is 30.3 Å². The molecule has 1 unspecified atom stereocenters. The maximum absolute atomic E-state index is 10.8. The van der Waals surface area contributed by atoms with Crippen LogP contribution in [0.25, 0.3) is 0 Å². The zero-order valence-corrected chi connectivity index (χ0v) is 13.8. The fourth-order valence-electron chi connectivity index (χ4n) is 3.25. The van der Waals surface area contributed by atoms with Crippen molar-refractivity contribution in [2.24, 2.45) is 11.0 Å². The van der Waals surface area contributed by atoms with Crippen molar-refractivity contribution in [1.82, 2.24) is 15.6 Å². The first-order valence-corrected chi connectivity index (χ1v) is 8.23. The van der Waals surface area contributed by atoms with E-state index in [-0.39, 0.29) is 17.0 Å². The number of rotatable bonds is 4. The summed E-state index contributed by atoms with van der Waals surface area (Å²) in [6, 6.07) is 4.09. The molecule has 1 atom stereocenters. The Morgan fingerprint density at radius 3 is 2.83 bits per heavy atom. The normalized spacial score (nSPS) is 25.6. The molecule has 3 N–H and O–H groups in total. The summed E-state index contributed by atoms with van der Waals surface area (Å²) in [7, 11) is 0. The minimum Gasteiger partial charge on any atom is -0.507 e. The summed E-state index contributed by atoms with van der Waals surface area (Å²) in [5, 5.41) is 28.1. The number of hydrazone groups is 1. The number of nitrogens with zero attached hydrogens (tertiary/aromatic N) is 3. The second-order valence-corrected chi connectivity index (χ2v) is 6.50. The molecule has 4 rings (SSSR count). The van der Waals surface area contributed by atoms with Crippen LogP contribution in [0.4, 0.5) is 5.69 Å². The van der Waals surface area contributed by atoms with Gasteiger partial charge in [0.2, 0.25) is 0 Å². The second-order valence-electron chi connectivity index (χ2n) is 6.09. The number of nitro benzene ring substituents is 1. The SMILES string of the molecule is O=[N+]([O-])c1ccc(O)c(C=NNC(=S)NC2CN3CCC2CC3)c1. The summed E-state index contributed by atoms with van der Waals surface area (Å²) in [6.45, 7) is 3.31. The number of fused-ring (bicyclic) bond motifs is 3. The van der Waals surface area contributed by atoms with Crippen LogP contribution in [0.15, 0.2) is 23.3 Å². The molecule has 24 heavy (non-hydrogen) atoms. The van der Waals surface area contributed by atoms with Gasteiger partial charge in [0.1, 0.15) is 5.75 Å². The van der Waals surface area contributed by atoms with Crippen molar-refractivity contribution in [3.05, 3.63) is 33.9 Å². The van der Waals surface area contributed by atoms with Crippen molar-refractivity contribution < 1.29 is 10.0 Å². The van der Waals surface area contributed by atoms with Gasteiger partial charge in [-0.2, -0.15) is 5.10 Å². The van der Waals surface area contributed by atoms with Gasteiger partial charge >= 0.3 is 0 Å². The number of aromatic hydroxyl groups is 1. The van der Waals surface area contributed by atoms with Gasteiger partial charge in [-0.15, -0.1) is 0 Å². The number of piperidine rings is 3. The lowest BCUT2D eigenvalue weighted by Gasteiger charge is -2.45. The van der Waals surface area contributed by atoms with Crippen molar-refractivity contribution in [2.75, 3.05) is 19.6 Å². The summed E-state index contributed by atoms with van der Waals surface area (Å²) in [4.78, 5) is 12.7. The molecular formula is C15H19N5O3S. The molecule has 0 aromatic heterocycles. The Morgan fingerprint density at radius 1 is 1.46 bits per heavy atom. The highest BCUT2D eigenvalue weighted by molar-refractivity contribution is 7.80. The van der Waals surface area contributed by atoms with E-state index in [0.717, 1.165) is 19.6 Å². The quantitative estimate of drug-likeness (QED) is 0.325. The van der Waals surface area contributed by atoms with E-state index < -0.39 is 4.92 Å². The molecule has 0 amide bonds. The highest BCUT2D eigenvalue weighted by Crippen LogP contribution is 2.27. The number of phenolic OH excluding ortho intramolecular Hbond substituents is 1. The number of thiocarbonyl (C=S) groups is 1. The standard InChI is InChI=1S/C15H19N5O3S/c21-14-2-1-12(20(22)23)7-11(14)8-16-18-15(24)17-13-9-19-5-3-10(13)4-6-19/h1-2,7-8,10,13,21H,3-6,9H2,(H2,17,18,24). The van der Waals surface area contributed by atoms with Gasteiger partial charge in [-0.1, -0.05) is 0 Å². The lowest BCUT2D eigenvalue weighted by Crippen LogP contribution is -2.58. The number of nitrogens with one attached hydrogen (secondary N) is 2. The first-order chi connectivity index (χ1) is 11.5. The lowest BCUT2D eigenvalue weighted by atomic mass is 9.84. The molecule has 0 aliphatic carbocycles. The minimum atomic E-state index is -0.524. The van der Waals surface area contributed by atoms with Crippen LogP contribution >= 0.6 is 12.2 Å². The molecular weight excluding hydrogens is 330 g/mol. The molecule has 128 valence electrons. The molecule has 3 aliphatic heterocycles. The number of hydrogen-bond acceptors (Lipinski definition) is 6.